The quantitative estimate of drug-likeness (QED) is 0.597. The molecule has 1 heteroatoms. The Morgan fingerprint density at radius 2 is 1.65 bits per heavy atom. The second-order valence-electron chi connectivity index (χ2n) is 5.58. The van der Waals surface area contributed by atoms with Gasteiger partial charge >= 0.3 is 0 Å². The van der Waals surface area contributed by atoms with Crippen LogP contribution < -0.4 is 0 Å². The van der Waals surface area contributed by atoms with Crippen molar-refractivity contribution in [2.24, 2.45) is 5.92 Å². The molecule has 0 aliphatic carbocycles. The van der Waals surface area contributed by atoms with E-state index in [1.54, 1.807) is 0 Å². The summed E-state index contributed by atoms with van der Waals surface area (Å²) in [6.07, 6.45) is 1.21. The minimum absolute atomic E-state index is 0.688. The molecule has 0 fully saturated rings. The summed E-state index contributed by atoms with van der Waals surface area (Å²) in [5, 5.41) is 1.33. The third kappa shape index (κ3) is 2.36. The number of aromatic nitrogens is 1. The molecule has 1 heterocycles. The van der Waals surface area contributed by atoms with Crippen LogP contribution in [0.1, 0.15) is 20.3 Å². The summed E-state index contributed by atoms with van der Waals surface area (Å²) in [7, 11) is 0. The second-order valence-corrected chi connectivity index (χ2v) is 5.58. The summed E-state index contributed by atoms with van der Waals surface area (Å²) < 4.78 is 2.47. The van der Waals surface area contributed by atoms with E-state index in [0.29, 0.717) is 5.92 Å². The van der Waals surface area contributed by atoms with Crippen molar-refractivity contribution in [1.29, 1.82) is 0 Å². The summed E-state index contributed by atoms with van der Waals surface area (Å²) in [4.78, 5) is 0. The summed E-state index contributed by atoms with van der Waals surface area (Å²) >= 11 is 0. The summed E-state index contributed by atoms with van der Waals surface area (Å²) in [5.41, 5.74) is 3.96. The Labute approximate surface area is 120 Å². The molecule has 0 amide bonds. The lowest BCUT2D eigenvalue weighted by molar-refractivity contribution is 0.480. The van der Waals surface area contributed by atoms with E-state index >= 15 is 0 Å². The normalized spacial score (nSPS) is 12.7. The molecule has 2 aromatic carbocycles. The van der Waals surface area contributed by atoms with Crippen LogP contribution in [0.5, 0.6) is 0 Å². The molecule has 20 heavy (non-hydrogen) atoms. The van der Waals surface area contributed by atoms with Crippen LogP contribution in [-0.2, 0) is 6.54 Å². The highest BCUT2D eigenvalue weighted by atomic mass is 15.0. The molecule has 0 spiro atoms. The Kier molecular flexibility index (Phi) is 3.60. The number of benzene rings is 2. The molecule has 1 aromatic heterocycles. The van der Waals surface area contributed by atoms with Crippen molar-refractivity contribution in [3.63, 3.8) is 0 Å². The first-order chi connectivity index (χ1) is 9.79. The molecule has 0 aliphatic heterocycles. The number of hydrogen-bond donors (Lipinski definition) is 0. The fraction of sp³-hybridized carbons (Fsp3) is 0.263. The largest absolute Gasteiger partial charge is 0.340 e. The average molecular weight is 263 g/mol. The zero-order valence-electron chi connectivity index (χ0n) is 12.2. The Balaban J connectivity index is 2.17. The smallest absolute Gasteiger partial charge is 0.0491 e. The van der Waals surface area contributed by atoms with E-state index < -0.39 is 0 Å². The molecule has 3 aromatic rings. The lowest BCUT2D eigenvalue weighted by Gasteiger charge is -2.15. The van der Waals surface area contributed by atoms with E-state index in [-0.39, 0.29) is 0 Å². The van der Waals surface area contributed by atoms with Crippen LogP contribution in [0.15, 0.2) is 60.7 Å². The van der Waals surface area contributed by atoms with Crippen molar-refractivity contribution in [1.82, 2.24) is 4.57 Å². The van der Waals surface area contributed by atoms with Crippen LogP contribution in [0.25, 0.3) is 22.2 Å². The maximum atomic E-state index is 2.47. The van der Waals surface area contributed by atoms with Crippen molar-refractivity contribution in [3.8, 4) is 11.3 Å². The highest BCUT2D eigenvalue weighted by Gasteiger charge is 2.11. The fourth-order valence-electron chi connectivity index (χ4n) is 2.70. The number of rotatable bonds is 4. The Bertz CT molecular complexity index is 694. The van der Waals surface area contributed by atoms with Crippen LogP contribution >= 0.6 is 0 Å². The van der Waals surface area contributed by atoms with E-state index in [9.17, 15) is 0 Å². The first-order valence-electron chi connectivity index (χ1n) is 7.43. The molecule has 0 radical (unpaired) electrons. The second kappa shape index (κ2) is 5.54. The molecule has 1 unspecified atom stereocenters. The van der Waals surface area contributed by atoms with Gasteiger partial charge in [-0.1, -0.05) is 68.8 Å². The molecular formula is C19H21N. The Hall–Kier alpha value is -2.02. The molecule has 102 valence electrons. The van der Waals surface area contributed by atoms with Crippen LogP contribution in [0.2, 0.25) is 0 Å². The molecule has 0 saturated carbocycles. The molecule has 1 nitrogen and oxygen atoms in total. The number of para-hydroxylation sites is 1. The molecule has 1 atom stereocenters. The zero-order valence-corrected chi connectivity index (χ0v) is 12.2. The molecule has 0 saturated heterocycles. The van der Waals surface area contributed by atoms with Gasteiger partial charge in [0, 0.05) is 23.1 Å². The summed E-state index contributed by atoms with van der Waals surface area (Å²) in [5.74, 6) is 0.688. The molecule has 3 rings (SSSR count). The van der Waals surface area contributed by atoms with E-state index in [0.717, 1.165) is 6.54 Å². The minimum atomic E-state index is 0.688. The summed E-state index contributed by atoms with van der Waals surface area (Å²) in [6.45, 7) is 5.66. The highest BCUT2D eigenvalue weighted by Crippen LogP contribution is 2.29. The minimum Gasteiger partial charge on any atom is -0.340 e. The van der Waals surface area contributed by atoms with Gasteiger partial charge in [0.05, 0.1) is 0 Å². The Morgan fingerprint density at radius 1 is 0.950 bits per heavy atom. The van der Waals surface area contributed by atoms with Gasteiger partial charge in [0.15, 0.2) is 0 Å². The first-order valence-corrected chi connectivity index (χ1v) is 7.43. The van der Waals surface area contributed by atoms with Crippen LogP contribution in [-0.4, -0.2) is 4.57 Å². The van der Waals surface area contributed by atoms with Crippen LogP contribution in [0.4, 0.5) is 0 Å². The SMILES string of the molecule is CCC(C)Cn1c(-c2ccccc2)cc2ccccc21. The predicted molar refractivity (Wildman–Crippen MR) is 86.8 cm³/mol. The first kappa shape index (κ1) is 13.0. The lowest BCUT2D eigenvalue weighted by atomic mass is 10.1. The number of nitrogens with zero attached hydrogens (tertiary/aromatic N) is 1. The highest BCUT2D eigenvalue weighted by molar-refractivity contribution is 5.87. The van der Waals surface area contributed by atoms with Gasteiger partial charge in [-0.05, 0) is 23.6 Å². The van der Waals surface area contributed by atoms with Crippen molar-refractivity contribution in [2.45, 2.75) is 26.8 Å². The molecular weight excluding hydrogens is 242 g/mol. The van der Waals surface area contributed by atoms with Crippen molar-refractivity contribution in [3.05, 3.63) is 60.7 Å². The van der Waals surface area contributed by atoms with Gasteiger partial charge in [0.1, 0.15) is 0 Å². The molecule has 0 N–H and O–H groups in total. The topological polar surface area (TPSA) is 4.93 Å². The number of hydrogen-bond acceptors (Lipinski definition) is 0. The van der Waals surface area contributed by atoms with E-state index in [4.69, 9.17) is 0 Å². The van der Waals surface area contributed by atoms with E-state index in [1.807, 2.05) is 0 Å². The lowest BCUT2D eigenvalue weighted by Crippen LogP contribution is -2.07. The Morgan fingerprint density at radius 3 is 2.40 bits per heavy atom. The van der Waals surface area contributed by atoms with Gasteiger partial charge < -0.3 is 4.57 Å². The van der Waals surface area contributed by atoms with E-state index in [1.165, 1.54) is 28.6 Å². The zero-order chi connectivity index (χ0) is 13.9. The van der Waals surface area contributed by atoms with Gasteiger partial charge in [-0.2, -0.15) is 0 Å². The predicted octanol–water partition coefficient (Wildman–Crippen LogP) is 5.35. The average Bonchev–Trinajstić information content (AvgIpc) is 2.87. The van der Waals surface area contributed by atoms with E-state index in [2.05, 4.69) is 79.1 Å². The van der Waals surface area contributed by atoms with Crippen molar-refractivity contribution >= 4 is 10.9 Å². The molecule has 0 bridgehead atoms. The third-order valence-electron chi connectivity index (χ3n) is 4.07. The van der Waals surface area contributed by atoms with Crippen LogP contribution in [0, 0.1) is 5.92 Å². The van der Waals surface area contributed by atoms with Gasteiger partial charge in [-0.15, -0.1) is 0 Å². The van der Waals surface area contributed by atoms with Gasteiger partial charge in [-0.25, -0.2) is 0 Å². The van der Waals surface area contributed by atoms with Gasteiger partial charge in [0.2, 0.25) is 0 Å². The maximum Gasteiger partial charge on any atom is 0.0491 e. The summed E-state index contributed by atoms with van der Waals surface area (Å²) in [6, 6.07) is 21.7. The third-order valence-corrected chi connectivity index (χ3v) is 4.07. The fourth-order valence-corrected chi connectivity index (χ4v) is 2.70. The van der Waals surface area contributed by atoms with Crippen LogP contribution in [0.3, 0.4) is 0 Å². The monoisotopic (exact) mass is 263 g/mol. The van der Waals surface area contributed by atoms with Crippen molar-refractivity contribution in [2.75, 3.05) is 0 Å². The number of fused-ring (bicyclic) bond motifs is 1. The van der Waals surface area contributed by atoms with Gasteiger partial charge in [0.25, 0.3) is 0 Å². The van der Waals surface area contributed by atoms with Gasteiger partial charge in [-0.3, -0.25) is 0 Å². The van der Waals surface area contributed by atoms with Crippen molar-refractivity contribution < 1.29 is 0 Å². The maximum absolute atomic E-state index is 2.47. The molecule has 0 aliphatic rings. The standard InChI is InChI=1S/C19H21N/c1-3-15(2)14-20-18-12-8-7-11-17(18)13-19(20)16-9-5-4-6-10-16/h4-13,15H,3,14H2,1-2H3.